The molecule has 1 saturated heterocycles. The van der Waals surface area contributed by atoms with Crippen LogP contribution in [0.3, 0.4) is 0 Å². The van der Waals surface area contributed by atoms with Crippen molar-refractivity contribution in [1.82, 2.24) is 35.8 Å². The summed E-state index contributed by atoms with van der Waals surface area (Å²) in [6, 6.07) is -2.35. The molecule has 0 spiro atoms. The molecule has 34 heavy (non-hydrogen) atoms. The van der Waals surface area contributed by atoms with Gasteiger partial charge in [-0.3, -0.25) is 19.2 Å². The molecule has 12 heteroatoms. The predicted octanol–water partition coefficient (Wildman–Crippen LogP) is 0.330. The van der Waals surface area contributed by atoms with Gasteiger partial charge in [-0.1, -0.05) is 18.1 Å². The van der Waals surface area contributed by atoms with Gasteiger partial charge in [-0.2, -0.15) is 12.6 Å². The summed E-state index contributed by atoms with van der Waals surface area (Å²) in [6.45, 7) is 4.04. The molecule has 3 heterocycles. The number of unbranched alkanes of at least 4 members (excludes halogenated alkanes) is 2. The number of amides is 4. The van der Waals surface area contributed by atoms with Gasteiger partial charge in [-0.05, 0) is 45.3 Å². The molecular weight excluding hydrogens is 458 g/mol. The first-order valence-corrected chi connectivity index (χ1v) is 12.6. The maximum absolute atomic E-state index is 13.1. The molecule has 1 fully saturated rings. The van der Waals surface area contributed by atoms with Gasteiger partial charge < -0.3 is 20.9 Å². The Bertz CT molecular complexity index is 892. The Morgan fingerprint density at radius 1 is 1.09 bits per heavy atom. The monoisotopic (exact) mass is 493 g/mol. The number of rotatable bonds is 5. The lowest BCUT2D eigenvalue weighted by atomic mass is 10.1. The van der Waals surface area contributed by atoms with Crippen LogP contribution >= 0.6 is 12.6 Å². The average molecular weight is 494 g/mol. The zero-order chi connectivity index (χ0) is 24.7. The van der Waals surface area contributed by atoms with Gasteiger partial charge in [0, 0.05) is 19.0 Å². The van der Waals surface area contributed by atoms with Crippen LogP contribution in [0, 0.1) is 0 Å². The molecule has 0 aromatic carbocycles. The van der Waals surface area contributed by atoms with Crippen LogP contribution in [0.15, 0.2) is 6.20 Å². The van der Waals surface area contributed by atoms with Crippen molar-refractivity contribution in [3.63, 3.8) is 0 Å². The van der Waals surface area contributed by atoms with E-state index in [0.717, 1.165) is 37.9 Å². The predicted molar refractivity (Wildman–Crippen MR) is 128 cm³/mol. The van der Waals surface area contributed by atoms with Gasteiger partial charge >= 0.3 is 0 Å². The molecule has 2 aliphatic rings. The SMILES string of the molecule is C[C@@H]1C(=O)N2CCC[C@H]2CC(=O)N[C@H](C)C(=O)N[C@@H](CCCCCS)C(=O)NCc2cn1nn2. The van der Waals surface area contributed by atoms with Crippen LogP contribution in [0.5, 0.6) is 0 Å². The van der Waals surface area contributed by atoms with Gasteiger partial charge in [0.15, 0.2) is 0 Å². The van der Waals surface area contributed by atoms with E-state index >= 15 is 0 Å². The van der Waals surface area contributed by atoms with Crippen LogP contribution in [0.2, 0.25) is 0 Å². The Balaban J connectivity index is 1.79. The van der Waals surface area contributed by atoms with E-state index in [1.165, 1.54) is 4.68 Å². The maximum atomic E-state index is 13.1. The molecule has 1 aromatic rings. The summed E-state index contributed by atoms with van der Waals surface area (Å²) in [5, 5.41) is 16.4. The minimum Gasteiger partial charge on any atom is -0.349 e. The third-order valence-corrected chi connectivity index (χ3v) is 6.71. The summed E-state index contributed by atoms with van der Waals surface area (Å²) in [6.07, 6.45) is 6.35. The van der Waals surface area contributed by atoms with E-state index in [4.69, 9.17) is 0 Å². The van der Waals surface area contributed by atoms with Crippen molar-refractivity contribution in [2.45, 2.75) is 89.5 Å². The van der Waals surface area contributed by atoms with Gasteiger partial charge in [0.05, 0.1) is 12.7 Å². The van der Waals surface area contributed by atoms with Crippen LogP contribution in [-0.4, -0.2) is 73.9 Å². The number of carbonyl (C=O) groups is 4. The van der Waals surface area contributed by atoms with E-state index in [1.54, 1.807) is 24.9 Å². The molecule has 4 atom stereocenters. The van der Waals surface area contributed by atoms with E-state index in [-0.39, 0.29) is 36.7 Å². The molecule has 188 valence electrons. The normalized spacial score (nSPS) is 27.0. The molecule has 0 saturated carbocycles. The highest BCUT2D eigenvalue weighted by molar-refractivity contribution is 7.80. The van der Waals surface area contributed by atoms with Crippen LogP contribution in [-0.2, 0) is 25.7 Å². The second-order valence-corrected chi connectivity index (χ2v) is 9.49. The van der Waals surface area contributed by atoms with E-state index in [2.05, 4.69) is 38.9 Å². The minimum absolute atomic E-state index is 0.117. The average Bonchev–Trinajstić information content (AvgIpc) is 3.47. The first-order valence-electron chi connectivity index (χ1n) is 12.0. The number of nitrogens with one attached hydrogen (secondary N) is 3. The Morgan fingerprint density at radius 3 is 2.65 bits per heavy atom. The van der Waals surface area contributed by atoms with Gasteiger partial charge in [-0.25, -0.2) is 4.68 Å². The Kier molecular flexibility index (Phi) is 9.31. The van der Waals surface area contributed by atoms with E-state index in [9.17, 15) is 19.2 Å². The summed E-state index contributed by atoms with van der Waals surface area (Å²) in [4.78, 5) is 53.1. The Morgan fingerprint density at radius 2 is 1.88 bits per heavy atom. The van der Waals surface area contributed by atoms with Crippen molar-refractivity contribution in [1.29, 1.82) is 0 Å². The maximum Gasteiger partial charge on any atom is 0.247 e. The number of hydrogen-bond acceptors (Lipinski definition) is 7. The smallest absolute Gasteiger partial charge is 0.247 e. The Labute approximate surface area is 205 Å². The molecular formula is C22H35N7O4S. The minimum atomic E-state index is -0.806. The molecule has 11 nitrogen and oxygen atoms in total. The molecule has 4 amide bonds. The molecule has 1 aromatic heterocycles. The largest absolute Gasteiger partial charge is 0.349 e. The number of aromatic nitrogens is 3. The van der Waals surface area contributed by atoms with Crippen molar-refractivity contribution in [2.24, 2.45) is 0 Å². The summed E-state index contributed by atoms with van der Waals surface area (Å²) >= 11 is 4.21. The first-order chi connectivity index (χ1) is 16.3. The zero-order valence-corrected chi connectivity index (χ0v) is 20.7. The summed E-state index contributed by atoms with van der Waals surface area (Å²) < 4.78 is 1.48. The van der Waals surface area contributed by atoms with Crippen molar-refractivity contribution < 1.29 is 19.2 Å². The van der Waals surface area contributed by atoms with Gasteiger partial charge in [-0.15, -0.1) is 5.10 Å². The third-order valence-electron chi connectivity index (χ3n) is 6.39. The highest BCUT2D eigenvalue weighted by Gasteiger charge is 2.34. The molecule has 3 rings (SSSR count). The number of thiol groups is 1. The van der Waals surface area contributed by atoms with E-state index in [1.807, 2.05) is 0 Å². The third kappa shape index (κ3) is 6.71. The molecule has 0 unspecified atom stereocenters. The molecule has 0 radical (unpaired) electrons. The van der Waals surface area contributed by atoms with Crippen LogP contribution in [0.25, 0.3) is 0 Å². The number of hydrogen-bond donors (Lipinski definition) is 4. The van der Waals surface area contributed by atoms with E-state index in [0.29, 0.717) is 18.7 Å². The van der Waals surface area contributed by atoms with Crippen molar-refractivity contribution >= 4 is 36.3 Å². The van der Waals surface area contributed by atoms with Crippen molar-refractivity contribution in [3.8, 4) is 0 Å². The fourth-order valence-corrected chi connectivity index (χ4v) is 4.58. The quantitative estimate of drug-likeness (QED) is 0.345. The van der Waals surface area contributed by atoms with Gasteiger partial charge in [0.1, 0.15) is 23.8 Å². The zero-order valence-electron chi connectivity index (χ0n) is 19.8. The summed E-state index contributed by atoms with van der Waals surface area (Å²) in [5.41, 5.74) is 0.514. The van der Waals surface area contributed by atoms with Crippen LogP contribution in [0.1, 0.15) is 70.5 Å². The highest BCUT2D eigenvalue weighted by atomic mass is 32.1. The lowest BCUT2D eigenvalue weighted by Gasteiger charge is -2.27. The molecule has 2 aliphatic heterocycles. The van der Waals surface area contributed by atoms with Gasteiger partial charge in [0.2, 0.25) is 23.6 Å². The Hall–Kier alpha value is -2.63. The second kappa shape index (κ2) is 12.2. The number of nitrogens with zero attached hydrogens (tertiary/aromatic N) is 4. The highest BCUT2D eigenvalue weighted by Crippen LogP contribution is 2.24. The number of fused-ring (bicyclic) bond motifs is 3. The van der Waals surface area contributed by atoms with Gasteiger partial charge in [0.25, 0.3) is 0 Å². The van der Waals surface area contributed by atoms with E-state index < -0.39 is 24.0 Å². The molecule has 3 N–H and O–H groups in total. The fraction of sp³-hybridized carbons (Fsp3) is 0.727. The standard InChI is InChI=1S/C22H35N7O4S/c1-14-20(31)25-18(8-4-3-5-10-34)21(32)23-12-16-13-29(27-26-16)15(2)22(33)28-9-6-7-17(28)11-19(30)24-14/h13-15,17-18,34H,3-12H2,1-2H3,(H,23,32)(H,24,30)(H,25,31)/t14-,15-,17+,18+/m1/s1. The van der Waals surface area contributed by atoms with Crippen molar-refractivity contribution in [2.75, 3.05) is 12.3 Å². The lowest BCUT2D eigenvalue weighted by molar-refractivity contribution is -0.136. The lowest BCUT2D eigenvalue weighted by Crippen LogP contribution is -2.53. The molecule has 0 aliphatic carbocycles. The van der Waals surface area contributed by atoms with Crippen molar-refractivity contribution in [3.05, 3.63) is 11.9 Å². The summed E-state index contributed by atoms with van der Waals surface area (Å²) in [7, 11) is 0. The summed E-state index contributed by atoms with van der Waals surface area (Å²) in [5.74, 6) is -0.428. The topological polar surface area (TPSA) is 138 Å². The van der Waals surface area contributed by atoms with Crippen LogP contribution < -0.4 is 16.0 Å². The first kappa shape index (κ1) is 26.0. The second-order valence-electron chi connectivity index (χ2n) is 9.04. The van der Waals surface area contributed by atoms with Crippen LogP contribution in [0.4, 0.5) is 0 Å². The molecule has 2 bridgehead atoms. The number of carbonyl (C=O) groups excluding carboxylic acids is 4. The fourth-order valence-electron chi connectivity index (χ4n) is 4.36.